The summed E-state index contributed by atoms with van der Waals surface area (Å²) in [5.41, 5.74) is 0. The van der Waals surface area contributed by atoms with E-state index >= 15 is 0 Å². The lowest BCUT2D eigenvalue weighted by Gasteiger charge is -2.10. The zero-order valence-corrected chi connectivity index (χ0v) is 10.9. The molecule has 1 amide bonds. The number of nitrogens with one attached hydrogen (secondary N) is 2. The number of sulfone groups is 1. The summed E-state index contributed by atoms with van der Waals surface area (Å²) in [5, 5.41) is 5.69. The number of amides is 1. The van der Waals surface area contributed by atoms with Crippen molar-refractivity contribution in [2.75, 3.05) is 38.3 Å². The normalized spacial score (nSPS) is 22.5. The molecule has 0 aromatic carbocycles. The molecule has 1 rings (SSSR count). The second kappa shape index (κ2) is 6.93. The van der Waals surface area contributed by atoms with Gasteiger partial charge in [0.15, 0.2) is 9.84 Å². The minimum Gasteiger partial charge on any atom is -0.385 e. The van der Waals surface area contributed by atoms with Crippen LogP contribution in [-0.2, 0) is 19.4 Å². The Hall–Kier alpha value is -0.660. The van der Waals surface area contributed by atoms with Gasteiger partial charge in [0.1, 0.15) is 0 Å². The van der Waals surface area contributed by atoms with Crippen molar-refractivity contribution in [3.8, 4) is 0 Å². The molecule has 100 valence electrons. The lowest BCUT2D eigenvalue weighted by molar-refractivity contribution is -0.120. The van der Waals surface area contributed by atoms with Crippen LogP contribution in [0.5, 0.6) is 0 Å². The fourth-order valence-corrected chi connectivity index (χ4v) is 3.41. The Morgan fingerprint density at radius 1 is 1.47 bits per heavy atom. The predicted octanol–water partition coefficient (Wildman–Crippen LogP) is -1.08. The molecule has 1 aliphatic rings. The van der Waals surface area contributed by atoms with Crippen molar-refractivity contribution in [1.82, 2.24) is 10.6 Å². The molecule has 0 spiro atoms. The largest absolute Gasteiger partial charge is 0.385 e. The van der Waals surface area contributed by atoms with Crippen molar-refractivity contribution in [3.05, 3.63) is 0 Å². The maximum absolute atomic E-state index is 11.4. The molecule has 0 radical (unpaired) electrons. The number of hydrogen-bond acceptors (Lipinski definition) is 5. The summed E-state index contributed by atoms with van der Waals surface area (Å²) >= 11 is 0. The van der Waals surface area contributed by atoms with Gasteiger partial charge in [-0.05, 0) is 12.8 Å². The number of hydrogen-bond donors (Lipinski definition) is 2. The van der Waals surface area contributed by atoms with Crippen molar-refractivity contribution < 1.29 is 17.9 Å². The monoisotopic (exact) mass is 264 g/mol. The molecular weight excluding hydrogens is 244 g/mol. The third-order valence-electron chi connectivity index (χ3n) is 2.63. The first-order valence-corrected chi connectivity index (χ1v) is 7.55. The Kier molecular flexibility index (Phi) is 5.87. The molecule has 7 heteroatoms. The highest BCUT2D eigenvalue weighted by Gasteiger charge is 2.27. The first-order valence-electron chi connectivity index (χ1n) is 5.73. The molecular formula is C10H20N2O4S. The zero-order valence-electron chi connectivity index (χ0n) is 10.1. The summed E-state index contributed by atoms with van der Waals surface area (Å²) in [4.78, 5) is 11.4. The summed E-state index contributed by atoms with van der Waals surface area (Å²) in [6.07, 6.45) is 1.37. The Morgan fingerprint density at radius 3 is 2.82 bits per heavy atom. The first-order chi connectivity index (χ1) is 8.03. The van der Waals surface area contributed by atoms with E-state index in [1.165, 1.54) is 0 Å². The van der Waals surface area contributed by atoms with Crippen molar-refractivity contribution in [2.24, 2.45) is 0 Å². The maximum Gasteiger partial charge on any atom is 0.233 e. The van der Waals surface area contributed by atoms with Crippen molar-refractivity contribution >= 4 is 15.7 Å². The van der Waals surface area contributed by atoms with Gasteiger partial charge in [-0.3, -0.25) is 4.79 Å². The number of carbonyl (C=O) groups is 1. The lowest BCUT2D eigenvalue weighted by Crippen LogP contribution is -2.40. The summed E-state index contributed by atoms with van der Waals surface area (Å²) in [6.45, 7) is 1.37. The number of rotatable bonds is 7. The van der Waals surface area contributed by atoms with Crippen LogP contribution in [0.2, 0.25) is 0 Å². The van der Waals surface area contributed by atoms with E-state index in [-0.39, 0.29) is 30.0 Å². The fourth-order valence-electron chi connectivity index (χ4n) is 1.70. The second-order valence-electron chi connectivity index (χ2n) is 4.18. The molecule has 0 aliphatic carbocycles. The van der Waals surface area contributed by atoms with Crippen LogP contribution in [0, 0.1) is 0 Å². The van der Waals surface area contributed by atoms with E-state index in [4.69, 9.17) is 4.74 Å². The van der Waals surface area contributed by atoms with Gasteiger partial charge < -0.3 is 15.4 Å². The van der Waals surface area contributed by atoms with Gasteiger partial charge in [-0.2, -0.15) is 0 Å². The molecule has 6 nitrogen and oxygen atoms in total. The topological polar surface area (TPSA) is 84.5 Å². The van der Waals surface area contributed by atoms with Gasteiger partial charge in [0.2, 0.25) is 5.91 Å². The molecule has 0 saturated carbocycles. The van der Waals surface area contributed by atoms with E-state index in [1.54, 1.807) is 7.11 Å². The molecule has 2 N–H and O–H groups in total. The van der Waals surface area contributed by atoms with Crippen LogP contribution in [-0.4, -0.2) is 58.7 Å². The van der Waals surface area contributed by atoms with Crippen molar-refractivity contribution in [1.29, 1.82) is 0 Å². The number of carbonyl (C=O) groups excluding carboxylic acids is 1. The predicted molar refractivity (Wildman–Crippen MR) is 64.6 cm³/mol. The van der Waals surface area contributed by atoms with Gasteiger partial charge in [-0.25, -0.2) is 8.42 Å². The zero-order chi connectivity index (χ0) is 12.7. The summed E-state index contributed by atoms with van der Waals surface area (Å²) in [5.74, 6) is 0.259. The highest BCUT2D eigenvalue weighted by molar-refractivity contribution is 7.91. The third-order valence-corrected chi connectivity index (χ3v) is 4.40. The average Bonchev–Trinajstić information content (AvgIpc) is 2.62. The quantitative estimate of drug-likeness (QED) is 0.571. The van der Waals surface area contributed by atoms with Crippen LogP contribution in [0.1, 0.15) is 12.8 Å². The van der Waals surface area contributed by atoms with Crippen LogP contribution in [0.3, 0.4) is 0 Å². The van der Waals surface area contributed by atoms with Crippen LogP contribution >= 0.6 is 0 Å². The Labute approximate surface area is 102 Å². The molecule has 1 fully saturated rings. The van der Waals surface area contributed by atoms with E-state index in [0.29, 0.717) is 19.6 Å². The smallest absolute Gasteiger partial charge is 0.233 e. The van der Waals surface area contributed by atoms with Gasteiger partial charge in [-0.1, -0.05) is 0 Å². The molecule has 0 aromatic heterocycles. The van der Waals surface area contributed by atoms with Gasteiger partial charge in [0.25, 0.3) is 0 Å². The minimum absolute atomic E-state index is 0.0790. The van der Waals surface area contributed by atoms with Crippen molar-refractivity contribution in [3.63, 3.8) is 0 Å². The van der Waals surface area contributed by atoms with Gasteiger partial charge in [-0.15, -0.1) is 0 Å². The van der Waals surface area contributed by atoms with E-state index < -0.39 is 9.84 Å². The Morgan fingerprint density at radius 2 is 2.24 bits per heavy atom. The maximum atomic E-state index is 11.4. The standard InChI is InChI=1S/C10H20N2O4S/c1-16-5-2-4-11-10(13)7-12-9-3-6-17(14,15)8-9/h9,12H,2-8H2,1H3,(H,11,13). The van der Waals surface area contributed by atoms with Gasteiger partial charge in [0, 0.05) is 26.3 Å². The lowest BCUT2D eigenvalue weighted by atomic mass is 10.2. The Bertz CT molecular complexity index is 342. The number of methoxy groups -OCH3 is 1. The second-order valence-corrected chi connectivity index (χ2v) is 6.41. The van der Waals surface area contributed by atoms with Crippen LogP contribution in [0.4, 0.5) is 0 Å². The molecule has 0 bridgehead atoms. The number of ether oxygens (including phenoxy) is 1. The van der Waals surface area contributed by atoms with Crippen molar-refractivity contribution in [2.45, 2.75) is 18.9 Å². The van der Waals surface area contributed by atoms with Crippen LogP contribution < -0.4 is 10.6 Å². The van der Waals surface area contributed by atoms with Crippen LogP contribution in [0.15, 0.2) is 0 Å². The highest BCUT2D eigenvalue weighted by Crippen LogP contribution is 2.10. The molecule has 1 atom stereocenters. The van der Waals surface area contributed by atoms with E-state index in [0.717, 1.165) is 6.42 Å². The summed E-state index contributed by atoms with van der Waals surface area (Å²) < 4.78 is 27.2. The molecule has 0 aromatic rings. The van der Waals surface area contributed by atoms with E-state index in [1.807, 2.05) is 0 Å². The average molecular weight is 264 g/mol. The minimum atomic E-state index is -2.88. The fraction of sp³-hybridized carbons (Fsp3) is 0.900. The molecule has 1 aliphatic heterocycles. The Balaban J connectivity index is 2.08. The first kappa shape index (κ1) is 14.4. The summed E-state index contributed by atoms with van der Waals surface area (Å²) in [7, 11) is -1.26. The molecule has 1 unspecified atom stereocenters. The van der Waals surface area contributed by atoms with E-state index in [9.17, 15) is 13.2 Å². The van der Waals surface area contributed by atoms with Gasteiger partial charge in [0.05, 0.1) is 18.1 Å². The van der Waals surface area contributed by atoms with Crippen LogP contribution in [0.25, 0.3) is 0 Å². The summed E-state index contributed by atoms with van der Waals surface area (Å²) in [6, 6.07) is -0.0790. The van der Waals surface area contributed by atoms with E-state index in [2.05, 4.69) is 10.6 Å². The van der Waals surface area contributed by atoms with Gasteiger partial charge >= 0.3 is 0 Å². The molecule has 17 heavy (non-hydrogen) atoms. The molecule has 1 saturated heterocycles. The third kappa shape index (κ3) is 5.99. The molecule has 1 heterocycles. The SMILES string of the molecule is COCCCNC(=O)CNC1CCS(=O)(=O)C1. The highest BCUT2D eigenvalue weighted by atomic mass is 32.2.